The third kappa shape index (κ3) is 9.32. The fourth-order valence-electron chi connectivity index (χ4n) is 4.76. The molecule has 3 atom stereocenters. The van der Waals surface area contributed by atoms with E-state index in [4.69, 9.17) is 4.74 Å². The summed E-state index contributed by atoms with van der Waals surface area (Å²) in [5.74, 6) is 1.89. The highest BCUT2D eigenvalue weighted by molar-refractivity contribution is 5.77. The van der Waals surface area contributed by atoms with Gasteiger partial charge < -0.3 is 15.4 Å². The van der Waals surface area contributed by atoms with Crippen LogP contribution in [0.1, 0.15) is 60.8 Å². The van der Waals surface area contributed by atoms with Gasteiger partial charge in [0.05, 0.1) is 13.2 Å². The summed E-state index contributed by atoms with van der Waals surface area (Å²) >= 11 is 0. The van der Waals surface area contributed by atoms with Crippen LogP contribution in [0.25, 0.3) is 0 Å². The number of allylic oxidation sites excluding steroid dienone is 1. The van der Waals surface area contributed by atoms with Crippen molar-refractivity contribution >= 4 is 11.8 Å². The maximum absolute atomic E-state index is 12.6. The van der Waals surface area contributed by atoms with Gasteiger partial charge in [-0.15, -0.1) is 0 Å². The standard InChI is InChI=1S/C25H45N3O3/c1-18(2)22-14-20(15-23(29)26-7-8-28-9-11-31-12-10-28)19(3)13-21(22)17-27-24(30)16-25(4,5)6/h13,18,20-22H,7-12,14-17H2,1-6H3,(H,26,29)(H,27,30)/t20-,21-,22-/m0/s1. The third-order valence-electron chi connectivity index (χ3n) is 6.60. The van der Waals surface area contributed by atoms with Crippen molar-refractivity contribution in [2.24, 2.45) is 29.1 Å². The molecule has 1 aliphatic carbocycles. The number of ether oxygens (including phenoxy) is 1. The zero-order valence-electron chi connectivity index (χ0n) is 20.6. The molecular weight excluding hydrogens is 390 g/mol. The molecular formula is C25H45N3O3. The average Bonchev–Trinajstić information content (AvgIpc) is 2.67. The van der Waals surface area contributed by atoms with E-state index in [9.17, 15) is 9.59 Å². The molecule has 2 amide bonds. The second kappa shape index (κ2) is 12.0. The minimum atomic E-state index is 0.0000863. The smallest absolute Gasteiger partial charge is 0.220 e. The predicted molar refractivity (Wildman–Crippen MR) is 126 cm³/mol. The van der Waals surface area contributed by atoms with Crippen LogP contribution in [0, 0.1) is 29.1 Å². The summed E-state index contributed by atoms with van der Waals surface area (Å²) in [4.78, 5) is 27.2. The van der Waals surface area contributed by atoms with E-state index < -0.39 is 0 Å². The van der Waals surface area contributed by atoms with Gasteiger partial charge in [-0.2, -0.15) is 0 Å². The van der Waals surface area contributed by atoms with Gasteiger partial charge in [-0.25, -0.2) is 0 Å². The zero-order valence-corrected chi connectivity index (χ0v) is 20.6. The van der Waals surface area contributed by atoms with E-state index in [1.54, 1.807) is 0 Å². The Labute approximate surface area is 189 Å². The van der Waals surface area contributed by atoms with Crippen molar-refractivity contribution in [2.45, 2.75) is 60.8 Å². The number of nitrogens with zero attached hydrogens (tertiary/aromatic N) is 1. The molecule has 0 bridgehead atoms. The fraction of sp³-hybridized carbons (Fsp3) is 0.840. The number of hydrogen-bond acceptors (Lipinski definition) is 4. The number of carbonyl (C=O) groups is 2. The van der Waals surface area contributed by atoms with Crippen LogP contribution < -0.4 is 10.6 Å². The summed E-state index contributed by atoms with van der Waals surface area (Å²) < 4.78 is 5.37. The molecule has 0 saturated carbocycles. The molecule has 1 saturated heterocycles. The van der Waals surface area contributed by atoms with Crippen molar-refractivity contribution in [3.63, 3.8) is 0 Å². The fourth-order valence-corrected chi connectivity index (χ4v) is 4.76. The second-order valence-electron chi connectivity index (χ2n) is 11.0. The van der Waals surface area contributed by atoms with Crippen LogP contribution in [0.3, 0.4) is 0 Å². The van der Waals surface area contributed by atoms with Crippen LogP contribution in [0.15, 0.2) is 11.6 Å². The Hall–Kier alpha value is -1.40. The Kier molecular flexibility index (Phi) is 10.0. The van der Waals surface area contributed by atoms with E-state index in [-0.39, 0.29) is 23.1 Å². The van der Waals surface area contributed by atoms with Gasteiger partial charge >= 0.3 is 0 Å². The topological polar surface area (TPSA) is 70.7 Å². The SMILES string of the molecule is CC1=C[C@@H](CNC(=O)CC(C)(C)C)[C@H](C(C)C)C[C@H]1CC(=O)NCCN1CCOCC1. The maximum atomic E-state index is 12.6. The molecule has 6 nitrogen and oxygen atoms in total. The molecule has 2 aliphatic rings. The summed E-state index contributed by atoms with van der Waals surface area (Å²) in [6.07, 6.45) is 4.42. The van der Waals surface area contributed by atoms with Crippen LogP contribution in [0.2, 0.25) is 0 Å². The Morgan fingerprint density at radius 2 is 1.84 bits per heavy atom. The summed E-state index contributed by atoms with van der Waals surface area (Å²) in [5, 5.41) is 6.26. The van der Waals surface area contributed by atoms with Gasteiger partial charge in [-0.05, 0) is 42.4 Å². The van der Waals surface area contributed by atoms with E-state index in [2.05, 4.69) is 63.2 Å². The first-order valence-electron chi connectivity index (χ1n) is 12.1. The Morgan fingerprint density at radius 3 is 2.45 bits per heavy atom. The van der Waals surface area contributed by atoms with Gasteiger partial charge in [0.15, 0.2) is 0 Å². The third-order valence-corrected chi connectivity index (χ3v) is 6.60. The van der Waals surface area contributed by atoms with Crippen molar-refractivity contribution in [2.75, 3.05) is 45.9 Å². The highest BCUT2D eigenvalue weighted by atomic mass is 16.5. The molecule has 178 valence electrons. The highest BCUT2D eigenvalue weighted by Crippen LogP contribution is 2.38. The van der Waals surface area contributed by atoms with Gasteiger partial charge in [0, 0.05) is 45.6 Å². The lowest BCUT2D eigenvalue weighted by Gasteiger charge is -2.37. The van der Waals surface area contributed by atoms with Crippen LogP contribution >= 0.6 is 0 Å². The largest absolute Gasteiger partial charge is 0.379 e. The van der Waals surface area contributed by atoms with E-state index >= 15 is 0 Å². The highest BCUT2D eigenvalue weighted by Gasteiger charge is 2.32. The molecule has 2 N–H and O–H groups in total. The summed E-state index contributed by atoms with van der Waals surface area (Å²) in [6, 6.07) is 0. The molecule has 31 heavy (non-hydrogen) atoms. The molecule has 2 rings (SSSR count). The first kappa shape index (κ1) is 25.9. The van der Waals surface area contributed by atoms with Gasteiger partial charge in [0.2, 0.25) is 11.8 Å². The van der Waals surface area contributed by atoms with Crippen LogP contribution in [0.4, 0.5) is 0 Å². The monoisotopic (exact) mass is 435 g/mol. The predicted octanol–water partition coefficient (Wildman–Crippen LogP) is 3.23. The number of nitrogens with one attached hydrogen (secondary N) is 2. The van der Waals surface area contributed by atoms with Crippen molar-refractivity contribution in [3.8, 4) is 0 Å². The van der Waals surface area contributed by atoms with Crippen molar-refractivity contribution in [1.82, 2.24) is 15.5 Å². The second-order valence-corrected chi connectivity index (χ2v) is 11.0. The van der Waals surface area contributed by atoms with Crippen LogP contribution in [-0.4, -0.2) is 62.7 Å². The van der Waals surface area contributed by atoms with Gasteiger partial charge in [0.25, 0.3) is 0 Å². The minimum absolute atomic E-state index is 0.0000863. The molecule has 0 aromatic carbocycles. The first-order chi connectivity index (χ1) is 14.5. The lowest BCUT2D eigenvalue weighted by atomic mass is 9.69. The average molecular weight is 436 g/mol. The normalized spacial score (nSPS) is 25.3. The van der Waals surface area contributed by atoms with E-state index in [1.807, 2.05) is 0 Å². The maximum Gasteiger partial charge on any atom is 0.220 e. The molecule has 0 radical (unpaired) electrons. The molecule has 0 spiro atoms. The lowest BCUT2D eigenvalue weighted by Crippen LogP contribution is -2.42. The quantitative estimate of drug-likeness (QED) is 0.546. The van der Waals surface area contributed by atoms with Crippen molar-refractivity contribution in [1.29, 1.82) is 0 Å². The molecule has 6 heteroatoms. The van der Waals surface area contributed by atoms with Crippen molar-refractivity contribution in [3.05, 3.63) is 11.6 Å². The lowest BCUT2D eigenvalue weighted by molar-refractivity contribution is -0.123. The molecule has 0 unspecified atom stereocenters. The molecule has 1 fully saturated rings. The first-order valence-corrected chi connectivity index (χ1v) is 12.1. The molecule has 1 aliphatic heterocycles. The Morgan fingerprint density at radius 1 is 1.16 bits per heavy atom. The van der Waals surface area contributed by atoms with E-state index in [1.165, 1.54) is 5.57 Å². The molecule has 1 heterocycles. The molecule has 0 aromatic rings. The summed E-state index contributed by atoms with van der Waals surface area (Å²) in [7, 11) is 0. The van der Waals surface area contributed by atoms with E-state index in [0.717, 1.165) is 39.3 Å². The van der Waals surface area contributed by atoms with Crippen molar-refractivity contribution < 1.29 is 14.3 Å². The van der Waals surface area contributed by atoms with Crippen LogP contribution in [-0.2, 0) is 14.3 Å². The summed E-state index contributed by atoms with van der Waals surface area (Å²) in [6.45, 7) is 18.7. The van der Waals surface area contributed by atoms with Gasteiger partial charge in [-0.1, -0.05) is 46.3 Å². The number of rotatable bonds is 9. The van der Waals surface area contributed by atoms with Gasteiger partial charge in [0.1, 0.15) is 0 Å². The number of carbonyl (C=O) groups excluding carboxylic acids is 2. The zero-order chi connectivity index (χ0) is 23.0. The Balaban J connectivity index is 1.84. The number of hydrogen-bond donors (Lipinski definition) is 2. The molecule has 0 aromatic heterocycles. The van der Waals surface area contributed by atoms with Crippen LogP contribution in [0.5, 0.6) is 0 Å². The van der Waals surface area contributed by atoms with E-state index in [0.29, 0.717) is 43.7 Å². The summed E-state index contributed by atoms with van der Waals surface area (Å²) in [5.41, 5.74) is 1.29. The number of morpholine rings is 1. The Bertz CT molecular complexity index is 618. The number of amides is 2. The minimum Gasteiger partial charge on any atom is -0.379 e. The van der Waals surface area contributed by atoms with Gasteiger partial charge in [-0.3, -0.25) is 14.5 Å².